The van der Waals surface area contributed by atoms with Crippen LogP contribution in [0.4, 0.5) is 10.5 Å². The lowest BCUT2D eigenvalue weighted by atomic mass is 10.1. The third-order valence-corrected chi connectivity index (χ3v) is 6.57. The van der Waals surface area contributed by atoms with Gasteiger partial charge in [-0.3, -0.25) is 14.9 Å². The minimum Gasteiger partial charge on any atom is -0.318 e. The molecule has 1 aliphatic heterocycles. The second-order valence-electron chi connectivity index (χ2n) is 9.38. The van der Waals surface area contributed by atoms with Crippen molar-refractivity contribution in [3.63, 3.8) is 0 Å². The lowest BCUT2D eigenvalue weighted by molar-refractivity contribution is -0.122. The zero-order valence-electron chi connectivity index (χ0n) is 21.2. The number of hydrogen-bond acceptors (Lipinski definition) is 3. The van der Waals surface area contributed by atoms with E-state index in [1.165, 1.54) is 0 Å². The molecule has 0 bridgehead atoms. The number of barbiturate groups is 1. The fraction of sp³-hybridized carbons (Fsp3) is 0.129. The van der Waals surface area contributed by atoms with E-state index in [0.717, 1.165) is 49.8 Å². The normalized spacial score (nSPS) is 14.9. The number of carbonyl (C=O) groups is 3. The van der Waals surface area contributed by atoms with Crippen molar-refractivity contribution in [1.29, 1.82) is 0 Å². The molecule has 1 saturated heterocycles. The highest BCUT2D eigenvalue weighted by molar-refractivity contribution is 6.39. The summed E-state index contributed by atoms with van der Waals surface area (Å²) in [7, 11) is 0. The maximum absolute atomic E-state index is 13.4. The first kappa shape index (κ1) is 24.0. The second kappa shape index (κ2) is 9.39. The standard InChI is InChI=1S/C31H27N3O3/c1-19-14-20(2)16-27(15-19)34-30(36)28(29(35)32-31(34)37)18-25-17-21(3)33(22(25)4)26-12-10-24(11-13-26)23-8-6-5-7-9-23/h5-18H,1-4H3,(H,32,35,37). The smallest absolute Gasteiger partial charge is 0.318 e. The summed E-state index contributed by atoms with van der Waals surface area (Å²) in [4.78, 5) is 39.7. The number of benzene rings is 3. The third-order valence-electron chi connectivity index (χ3n) is 6.57. The molecule has 0 aliphatic carbocycles. The van der Waals surface area contributed by atoms with Crippen molar-refractivity contribution in [2.75, 3.05) is 4.90 Å². The third kappa shape index (κ3) is 4.49. The van der Waals surface area contributed by atoms with Crippen molar-refractivity contribution in [1.82, 2.24) is 9.88 Å². The van der Waals surface area contributed by atoms with Crippen molar-refractivity contribution in [2.24, 2.45) is 0 Å². The van der Waals surface area contributed by atoms with Gasteiger partial charge in [-0.05, 0) is 91.9 Å². The molecule has 0 atom stereocenters. The minimum absolute atomic E-state index is 0.0848. The zero-order chi connectivity index (χ0) is 26.3. The Hall–Kier alpha value is -4.71. The van der Waals surface area contributed by atoms with Gasteiger partial charge in [0.05, 0.1) is 5.69 Å². The molecule has 4 aromatic rings. The van der Waals surface area contributed by atoms with Gasteiger partial charge in [-0.15, -0.1) is 0 Å². The van der Waals surface area contributed by atoms with E-state index < -0.39 is 17.8 Å². The van der Waals surface area contributed by atoms with Crippen molar-refractivity contribution in [3.8, 4) is 16.8 Å². The number of imide groups is 2. The van der Waals surface area contributed by atoms with Gasteiger partial charge in [0.25, 0.3) is 11.8 Å². The number of urea groups is 1. The van der Waals surface area contributed by atoms with Crippen LogP contribution < -0.4 is 10.2 Å². The van der Waals surface area contributed by atoms with E-state index in [9.17, 15) is 14.4 Å². The van der Waals surface area contributed by atoms with Gasteiger partial charge in [0.1, 0.15) is 5.57 Å². The fourth-order valence-corrected chi connectivity index (χ4v) is 4.89. The Morgan fingerprint density at radius 2 is 1.32 bits per heavy atom. The van der Waals surface area contributed by atoms with Crippen molar-refractivity contribution < 1.29 is 14.4 Å². The Kier molecular flexibility index (Phi) is 6.09. The summed E-state index contributed by atoms with van der Waals surface area (Å²) in [5, 5.41) is 2.31. The topological polar surface area (TPSA) is 71.4 Å². The Labute approximate surface area is 215 Å². The maximum Gasteiger partial charge on any atom is 0.335 e. The first-order valence-electron chi connectivity index (χ1n) is 12.1. The Morgan fingerprint density at radius 3 is 1.97 bits per heavy atom. The molecule has 1 N–H and O–H groups in total. The Morgan fingerprint density at radius 1 is 0.703 bits per heavy atom. The Bertz CT molecular complexity index is 1560. The van der Waals surface area contributed by atoms with E-state index in [1.807, 2.05) is 58.0 Å². The first-order valence-corrected chi connectivity index (χ1v) is 12.1. The van der Waals surface area contributed by atoms with Crippen LogP contribution in [-0.4, -0.2) is 22.4 Å². The predicted molar refractivity (Wildman–Crippen MR) is 146 cm³/mol. The van der Waals surface area contributed by atoms with Crippen LogP contribution in [-0.2, 0) is 9.59 Å². The maximum atomic E-state index is 13.4. The summed E-state index contributed by atoms with van der Waals surface area (Å²) < 4.78 is 2.08. The van der Waals surface area contributed by atoms with Crippen LogP contribution in [0.15, 0.2) is 84.4 Å². The number of rotatable bonds is 4. The summed E-state index contributed by atoms with van der Waals surface area (Å²) in [6.07, 6.45) is 1.57. The average molecular weight is 490 g/mol. The quantitative estimate of drug-likeness (QED) is 0.280. The number of aryl methyl sites for hydroxylation is 3. The molecule has 2 heterocycles. The SMILES string of the molecule is Cc1cc(C)cc(N2C(=O)NC(=O)C(=Cc3cc(C)n(-c4ccc(-c5ccccc5)cc4)c3C)C2=O)c1. The van der Waals surface area contributed by atoms with Gasteiger partial charge < -0.3 is 4.57 Å². The summed E-state index contributed by atoms with van der Waals surface area (Å²) >= 11 is 0. The molecule has 184 valence electrons. The molecule has 0 radical (unpaired) electrons. The highest BCUT2D eigenvalue weighted by Gasteiger charge is 2.37. The van der Waals surface area contributed by atoms with Gasteiger partial charge in [0.2, 0.25) is 0 Å². The van der Waals surface area contributed by atoms with Crippen LogP contribution in [0.2, 0.25) is 0 Å². The first-order chi connectivity index (χ1) is 17.7. The highest BCUT2D eigenvalue weighted by atomic mass is 16.2. The van der Waals surface area contributed by atoms with Crippen LogP contribution in [0.25, 0.3) is 22.9 Å². The van der Waals surface area contributed by atoms with Crippen LogP contribution in [0.5, 0.6) is 0 Å². The van der Waals surface area contributed by atoms with Crippen LogP contribution in [0.1, 0.15) is 28.1 Å². The number of nitrogens with one attached hydrogen (secondary N) is 1. The van der Waals surface area contributed by atoms with Crippen LogP contribution in [0.3, 0.4) is 0 Å². The molecule has 1 aliphatic rings. The van der Waals surface area contributed by atoms with Crippen molar-refractivity contribution in [2.45, 2.75) is 27.7 Å². The van der Waals surface area contributed by atoms with E-state index in [0.29, 0.717) is 5.69 Å². The molecule has 5 rings (SSSR count). The molecule has 0 unspecified atom stereocenters. The lowest BCUT2D eigenvalue weighted by Gasteiger charge is -2.27. The van der Waals surface area contributed by atoms with Gasteiger partial charge in [-0.2, -0.15) is 0 Å². The number of nitrogens with zero attached hydrogens (tertiary/aromatic N) is 2. The number of amides is 4. The molecule has 3 aromatic carbocycles. The van der Waals surface area contributed by atoms with Crippen molar-refractivity contribution in [3.05, 3.63) is 113 Å². The van der Waals surface area contributed by atoms with Gasteiger partial charge in [-0.1, -0.05) is 48.5 Å². The Balaban J connectivity index is 1.50. The van der Waals surface area contributed by atoms with Crippen molar-refractivity contribution >= 4 is 29.6 Å². The lowest BCUT2D eigenvalue weighted by Crippen LogP contribution is -2.54. The second-order valence-corrected chi connectivity index (χ2v) is 9.38. The number of aromatic nitrogens is 1. The summed E-state index contributed by atoms with van der Waals surface area (Å²) in [6, 6.07) is 25.1. The van der Waals surface area contributed by atoms with E-state index in [2.05, 4.69) is 46.3 Å². The van der Waals surface area contributed by atoms with Gasteiger partial charge in [0.15, 0.2) is 0 Å². The summed E-state index contributed by atoms with van der Waals surface area (Å²) in [6.45, 7) is 7.72. The highest BCUT2D eigenvalue weighted by Crippen LogP contribution is 2.28. The largest absolute Gasteiger partial charge is 0.335 e. The van der Waals surface area contributed by atoms with E-state index in [4.69, 9.17) is 0 Å². The molecular formula is C31H27N3O3. The van der Waals surface area contributed by atoms with Gasteiger partial charge in [-0.25, -0.2) is 9.69 Å². The predicted octanol–water partition coefficient (Wildman–Crippen LogP) is 6.04. The number of anilines is 1. The van der Waals surface area contributed by atoms with Gasteiger partial charge >= 0.3 is 6.03 Å². The van der Waals surface area contributed by atoms with Gasteiger partial charge in [0, 0.05) is 17.1 Å². The molecule has 6 heteroatoms. The number of carbonyl (C=O) groups excluding carboxylic acids is 3. The average Bonchev–Trinajstić information content (AvgIpc) is 3.14. The summed E-state index contributed by atoms with van der Waals surface area (Å²) in [5.41, 5.74) is 8.00. The molecule has 1 fully saturated rings. The van der Waals surface area contributed by atoms with E-state index >= 15 is 0 Å². The molecule has 1 aromatic heterocycles. The monoisotopic (exact) mass is 489 g/mol. The summed E-state index contributed by atoms with van der Waals surface area (Å²) in [5.74, 6) is -1.34. The van der Waals surface area contributed by atoms with Crippen LogP contribution >= 0.6 is 0 Å². The van der Waals surface area contributed by atoms with E-state index in [-0.39, 0.29) is 5.57 Å². The molecule has 0 saturated carbocycles. The zero-order valence-corrected chi connectivity index (χ0v) is 21.2. The number of hydrogen-bond donors (Lipinski definition) is 1. The van der Waals surface area contributed by atoms with Crippen LogP contribution in [0, 0.1) is 27.7 Å². The molecule has 4 amide bonds. The molecular weight excluding hydrogens is 462 g/mol. The molecule has 0 spiro atoms. The van der Waals surface area contributed by atoms with E-state index in [1.54, 1.807) is 18.2 Å². The molecule has 6 nitrogen and oxygen atoms in total. The minimum atomic E-state index is -0.749. The molecule has 37 heavy (non-hydrogen) atoms. The fourth-order valence-electron chi connectivity index (χ4n) is 4.89.